The van der Waals surface area contributed by atoms with Gasteiger partial charge in [-0.1, -0.05) is 11.6 Å². The number of carbonyl (C=O) groups is 2. The molecule has 0 unspecified atom stereocenters. The van der Waals surface area contributed by atoms with Gasteiger partial charge in [-0.2, -0.15) is 0 Å². The van der Waals surface area contributed by atoms with Gasteiger partial charge in [-0.05, 0) is 56.2 Å². The van der Waals surface area contributed by atoms with E-state index in [1.165, 1.54) is 37.3 Å². The molecule has 0 radical (unpaired) electrons. The van der Waals surface area contributed by atoms with Crippen LogP contribution in [0.5, 0.6) is 11.5 Å². The molecule has 1 aliphatic rings. The van der Waals surface area contributed by atoms with Crippen molar-refractivity contribution >= 4 is 29.1 Å². The SMILES string of the molecule is COc1ccc(C(=O)N(c2ccc(F)c(Cl)c2)[C@H](C)C(=O)NC[C@@H]2CCCO2)cc1OC. The van der Waals surface area contributed by atoms with Crippen LogP contribution in [-0.2, 0) is 9.53 Å². The maximum Gasteiger partial charge on any atom is 0.259 e. The molecule has 32 heavy (non-hydrogen) atoms. The molecule has 3 rings (SSSR count). The molecule has 172 valence electrons. The molecule has 1 N–H and O–H groups in total. The minimum absolute atomic E-state index is 0.0404. The summed E-state index contributed by atoms with van der Waals surface area (Å²) in [5, 5.41) is 2.68. The van der Waals surface area contributed by atoms with Gasteiger partial charge >= 0.3 is 0 Å². The Morgan fingerprint density at radius 3 is 2.59 bits per heavy atom. The molecule has 1 heterocycles. The number of nitrogens with one attached hydrogen (secondary N) is 1. The number of anilines is 1. The lowest BCUT2D eigenvalue weighted by atomic mass is 10.1. The van der Waals surface area contributed by atoms with Gasteiger partial charge in [0, 0.05) is 24.4 Å². The van der Waals surface area contributed by atoms with Crippen LogP contribution in [0.25, 0.3) is 0 Å². The Balaban J connectivity index is 1.91. The van der Waals surface area contributed by atoms with Crippen molar-refractivity contribution in [1.82, 2.24) is 5.32 Å². The second kappa shape index (κ2) is 10.7. The Labute approximate surface area is 191 Å². The van der Waals surface area contributed by atoms with Crippen LogP contribution < -0.4 is 19.7 Å². The number of carbonyl (C=O) groups excluding carboxylic acids is 2. The predicted octanol–water partition coefficient (Wildman–Crippen LogP) is 3.83. The summed E-state index contributed by atoms with van der Waals surface area (Å²) in [4.78, 5) is 27.7. The molecule has 0 aromatic heterocycles. The zero-order valence-corrected chi connectivity index (χ0v) is 18.9. The first-order valence-corrected chi connectivity index (χ1v) is 10.6. The molecular formula is C23H26ClFN2O5. The van der Waals surface area contributed by atoms with Gasteiger partial charge in [-0.3, -0.25) is 14.5 Å². The number of hydrogen-bond donors (Lipinski definition) is 1. The van der Waals surface area contributed by atoms with Gasteiger partial charge in [0.1, 0.15) is 11.9 Å². The molecule has 0 aliphatic carbocycles. The number of amides is 2. The van der Waals surface area contributed by atoms with E-state index in [9.17, 15) is 14.0 Å². The van der Waals surface area contributed by atoms with E-state index in [1.807, 2.05) is 0 Å². The van der Waals surface area contributed by atoms with Crippen molar-refractivity contribution in [2.24, 2.45) is 0 Å². The number of benzene rings is 2. The summed E-state index contributed by atoms with van der Waals surface area (Å²) in [6.07, 6.45) is 1.78. The maximum absolute atomic E-state index is 13.8. The average Bonchev–Trinajstić information content (AvgIpc) is 3.33. The van der Waals surface area contributed by atoms with Crippen LogP contribution >= 0.6 is 11.6 Å². The van der Waals surface area contributed by atoms with Crippen molar-refractivity contribution in [2.45, 2.75) is 31.9 Å². The van der Waals surface area contributed by atoms with Gasteiger partial charge in [-0.25, -0.2) is 4.39 Å². The Hall–Kier alpha value is -2.84. The maximum atomic E-state index is 13.8. The Bertz CT molecular complexity index is 981. The Kier molecular flexibility index (Phi) is 7.93. The van der Waals surface area contributed by atoms with Gasteiger partial charge in [0.25, 0.3) is 5.91 Å². The fourth-order valence-electron chi connectivity index (χ4n) is 3.54. The van der Waals surface area contributed by atoms with Crippen molar-refractivity contribution in [2.75, 3.05) is 32.3 Å². The lowest BCUT2D eigenvalue weighted by Crippen LogP contribution is -2.49. The molecule has 1 fully saturated rings. The van der Waals surface area contributed by atoms with E-state index in [2.05, 4.69) is 5.32 Å². The van der Waals surface area contributed by atoms with Crippen molar-refractivity contribution in [3.8, 4) is 11.5 Å². The number of nitrogens with zero attached hydrogens (tertiary/aromatic N) is 1. The molecular weight excluding hydrogens is 439 g/mol. The summed E-state index contributed by atoms with van der Waals surface area (Å²) < 4.78 is 29.8. The van der Waals surface area contributed by atoms with E-state index in [-0.39, 0.29) is 28.3 Å². The van der Waals surface area contributed by atoms with E-state index in [0.29, 0.717) is 24.7 Å². The first-order valence-electron chi connectivity index (χ1n) is 10.3. The molecule has 1 saturated heterocycles. The van der Waals surface area contributed by atoms with Crippen LogP contribution in [0.4, 0.5) is 10.1 Å². The third kappa shape index (κ3) is 5.31. The summed E-state index contributed by atoms with van der Waals surface area (Å²) in [7, 11) is 2.96. The summed E-state index contributed by atoms with van der Waals surface area (Å²) in [5.74, 6) is -0.638. The van der Waals surface area contributed by atoms with Crippen molar-refractivity contribution < 1.29 is 28.2 Å². The van der Waals surface area contributed by atoms with Crippen molar-refractivity contribution in [3.63, 3.8) is 0 Å². The Morgan fingerprint density at radius 1 is 1.22 bits per heavy atom. The second-order valence-corrected chi connectivity index (χ2v) is 7.81. The lowest BCUT2D eigenvalue weighted by molar-refractivity contribution is -0.122. The first kappa shape index (κ1) is 23.8. The highest BCUT2D eigenvalue weighted by atomic mass is 35.5. The van der Waals surface area contributed by atoms with E-state index < -0.39 is 17.8 Å². The standard InChI is InChI=1S/C23H26ClFN2O5/c1-14(22(28)26-13-17-5-4-10-32-17)27(16-7-8-19(25)18(24)12-16)23(29)15-6-9-20(30-2)21(11-15)31-3/h6-9,11-12,14,17H,4-5,10,13H2,1-3H3,(H,26,28)/t14-,17+/m1/s1. The molecule has 0 spiro atoms. The van der Waals surface area contributed by atoms with Gasteiger partial charge in [-0.15, -0.1) is 0 Å². The van der Waals surface area contributed by atoms with Crippen LogP contribution in [-0.4, -0.2) is 51.3 Å². The third-order valence-electron chi connectivity index (χ3n) is 5.33. The van der Waals surface area contributed by atoms with Crippen LogP contribution in [0.15, 0.2) is 36.4 Å². The van der Waals surface area contributed by atoms with Crippen LogP contribution in [0.3, 0.4) is 0 Å². The van der Waals surface area contributed by atoms with E-state index in [1.54, 1.807) is 19.1 Å². The van der Waals surface area contributed by atoms with E-state index in [4.69, 9.17) is 25.8 Å². The number of rotatable bonds is 8. The number of methoxy groups -OCH3 is 2. The zero-order valence-electron chi connectivity index (χ0n) is 18.2. The van der Waals surface area contributed by atoms with Crippen molar-refractivity contribution in [1.29, 1.82) is 0 Å². The molecule has 9 heteroatoms. The van der Waals surface area contributed by atoms with Crippen LogP contribution in [0, 0.1) is 5.82 Å². The first-order chi connectivity index (χ1) is 15.3. The smallest absolute Gasteiger partial charge is 0.259 e. The number of halogens is 2. The highest BCUT2D eigenvalue weighted by Crippen LogP contribution is 2.30. The highest BCUT2D eigenvalue weighted by Gasteiger charge is 2.30. The van der Waals surface area contributed by atoms with Crippen LogP contribution in [0.1, 0.15) is 30.1 Å². The fourth-order valence-corrected chi connectivity index (χ4v) is 3.72. The number of ether oxygens (including phenoxy) is 3. The topological polar surface area (TPSA) is 77.1 Å². The summed E-state index contributed by atoms with van der Waals surface area (Å²) in [6.45, 7) is 2.63. The summed E-state index contributed by atoms with van der Waals surface area (Å²) >= 11 is 5.96. The summed E-state index contributed by atoms with van der Waals surface area (Å²) in [6, 6.07) is 7.67. The zero-order chi connectivity index (χ0) is 23.3. The molecule has 0 bridgehead atoms. The molecule has 2 aromatic rings. The van der Waals surface area contributed by atoms with Gasteiger partial charge in [0.05, 0.1) is 25.3 Å². The average molecular weight is 465 g/mol. The fraction of sp³-hybridized carbons (Fsp3) is 0.391. The molecule has 2 amide bonds. The minimum atomic E-state index is -0.904. The van der Waals surface area contributed by atoms with Gasteiger partial charge in [0.15, 0.2) is 11.5 Å². The summed E-state index contributed by atoms with van der Waals surface area (Å²) in [5.41, 5.74) is 0.554. The normalized spacial score (nSPS) is 16.3. The van der Waals surface area contributed by atoms with E-state index >= 15 is 0 Å². The van der Waals surface area contributed by atoms with Gasteiger partial charge < -0.3 is 19.5 Å². The number of hydrogen-bond acceptors (Lipinski definition) is 5. The molecule has 1 aliphatic heterocycles. The van der Waals surface area contributed by atoms with E-state index in [0.717, 1.165) is 18.9 Å². The lowest BCUT2D eigenvalue weighted by Gasteiger charge is -2.29. The third-order valence-corrected chi connectivity index (χ3v) is 5.61. The highest BCUT2D eigenvalue weighted by molar-refractivity contribution is 6.31. The molecule has 7 nitrogen and oxygen atoms in total. The molecule has 2 aromatic carbocycles. The largest absolute Gasteiger partial charge is 0.493 e. The van der Waals surface area contributed by atoms with Crippen molar-refractivity contribution in [3.05, 3.63) is 52.8 Å². The Morgan fingerprint density at radius 2 is 1.97 bits per heavy atom. The quantitative estimate of drug-likeness (QED) is 0.642. The van der Waals surface area contributed by atoms with Gasteiger partial charge in [0.2, 0.25) is 5.91 Å². The van der Waals surface area contributed by atoms with Crippen LogP contribution in [0.2, 0.25) is 5.02 Å². The minimum Gasteiger partial charge on any atom is -0.493 e. The molecule has 2 atom stereocenters. The predicted molar refractivity (Wildman–Crippen MR) is 119 cm³/mol. The molecule has 0 saturated carbocycles. The monoisotopic (exact) mass is 464 g/mol. The second-order valence-electron chi connectivity index (χ2n) is 7.40.